The molecular weight excluding hydrogens is 206 g/mol. The van der Waals surface area contributed by atoms with E-state index in [1.807, 2.05) is 6.92 Å². The first-order chi connectivity index (χ1) is 7.54. The van der Waals surface area contributed by atoms with Crippen LogP contribution >= 0.6 is 0 Å². The summed E-state index contributed by atoms with van der Waals surface area (Å²) >= 11 is 0. The van der Waals surface area contributed by atoms with Gasteiger partial charge in [0.15, 0.2) is 5.78 Å². The maximum absolute atomic E-state index is 11.6. The molecule has 4 nitrogen and oxygen atoms in total. The van der Waals surface area contributed by atoms with E-state index in [2.05, 4.69) is 5.32 Å². The normalized spacial score (nSPS) is 9.69. The van der Waals surface area contributed by atoms with Gasteiger partial charge in [0, 0.05) is 12.5 Å². The predicted molar refractivity (Wildman–Crippen MR) is 60.7 cm³/mol. The van der Waals surface area contributed by atoms with Crippen LogP contribution in [0.15, 0.2) is 18.2 Å². The zero-order chi connectivity index (χ0) is 12.1. The Kier molecular flexibility index (Phi) is 4.05. The van der Waals surface area contributed by atoms with Gasteiger partial charge in [-0.2, -0.15) is 0 Å². The van der Waals surface area contributed by atoms with Crippen molar-refractivity contribution in [3.63, 3.8) is 0 Å². The molecule has 1 rings (SSSR count). The van der Waals surface area contributed by atoms with Crippen molar-refractivity contribution in [1.29, 1.82) is 0 Å². The zero-order valence-corrected chi connectivity index (χ0v) is 9.66. The number of nitrogens with one attached hydrogen (secondary N) is 1. The van der Waals surface area contributed by atoms with Crippen LogP contribution in [0.1, 0.15) is 22.8 Å². The van der Waals surface area contributed by atoms with Crippen LogP contribution in [0.2, 0.25) is 0 Å². The number of ketones is 1. The smallest absolute Gasteiger partial charge is 0.217 e. The lowest BCUT2D eigenvalue weighted by Crippen LogP contribution is -2.27. The summed E-state index contributed by atoms with van der Waals surface area (Å²) in [5, 5.41) is 2.47. The SMILES string of the molecule is COc1ccc(C(=O)CNC(C)=O)cc1C. The van der Waals surface area contributed by atoms with Crippen LogP contribution in [0.3, 0.4) is 0 Å². The molecule has 0 aliphatic carbocycles. The molecule has 0 bridgehead atoms. The number of aryl methyl sites for hydroxylation is 1. The highest BCUT2D eigenvalue weighted by atomic mass is 16.5. The number of methoxy groups -OCH3 is 1. The van der Waals surface area contributed by atoms with Gasteiger partial charge < -0.3 is 10.1 Å². The van der Waals surface area contributed by atoms with Crippen LogP contribution in [-0.2, 0) is 4.79 Å². The molecule has 0 spiro atoms. The van der Waals surface area contributed by atoms with Gasteiger partial charge in [0.1, 0.15) is 5.75 Å². The second-order valence-corrected chi connectivity index (χ2v) is 3.52. The highest BCUT2D eigenvalue weighted by molar-refractivity contribution is 5.99. The molecule has 0 unspecified atom stereocenters. The summed E-state index contributed by atoms with van der Waals surface area (Å²) in [6.45, 7) is 3.28. The van der Waals surface area contributed by atoms with Gasteiger partial charge in [-0.1, -0.05) is 0 Å². The maximum atomic E-state index is 11.6. The molecule has 0 fully saturated rings. The van der Waals surface area contributed by atoms with Gasteiger partial charge in [-0.05, 0) is 30.7 Å². The van der Waals surface area contributed by atoms with E-state index in [1.54, 1.807) is 25.3 Å². The van der Waals surface area contributed by atoms with Crippen molar-refractivity contribution >= 4 is 11.7 Å². The molecule has 0 radical (unpaired) electrons. The monoisotopic (exact) mass is 221 g/mol. The van der Waals surface area contributed by atoms with E-state index in [0.29, 0.717) is 5.56 Å². The summed E-state index contributed by atoms with van der Waals surface area (Å²) in [5.74, 6) is 0.426. The van der Waals surface area contributed by atoms with Crippen molar-refractivity contribution < 1.29 is 14.3 Å². The molecule has 16 heavy (non-hydrogen) atoms. The maximum Gasteiger partial charge on any atom is 0.217 e. The molecule has 0 saturated carbocycles. The topological polar surface area (TPSA) is 55.4 Å². The Morgan fingerprint density at radius 1 is 1.38 bits per heavy atom. The molecular formula is C12H15NO3. The summed E-state index contributed by atoms with van der Waals surface area (Å²) in [5.41, 5.74) is 1.48. The third-order valence-corrected chi connectivity index (χ3v) is 2.21. The van der Waals surface area contributed by atoms with Gasteiger partial charge in [-0.25, -0.2) is 0 Å². The standard InChI is InChI=1S/C12H15NO3/c1-8-6-10(4-5-12(8)16-3)11(15)7-13-9(2)14/h4-6H,7H2,1-3H3,(H,13,14). The van der Waals surface area contributed by atoms with E-state index in [4.69, 9.17) is 4.74 Å². The van der Waals surface area contributed by atoms with Crippen molar-refractivity contribution in [2.45, 2.75) is 13.8 Å². The predicted octanol–water partition coefficient (Wildman–Crippen LogP) is 1.32. The van der Waals surface area contributed by atoms with Crippen molar-refractivity contribution in [3.8, 4) is 5.75 Å². The Labute approximate surface area is 94.6 Å². The lowest BCUT2D eigenvalue weighted by molar-refractivity contribution is -0.118. The summed E-state index contributed by atoms with van der Waals surface area (Å²) < 4.78 is 5.10. The lowest BCUT2D eigenvalue weighted by Gasteiger charge is -2.07. The first kappa shape index (κ1) is 12.2. The van der Waals surface area contributed by atoms with Gasteiger partial charge in [0.25, 0.3) is 0 Å². The number of carbonyl (C=O) groups is 2. The Morgan fingerprint density at radius 2 is 2.06 bits per heavy atom. The van der Waals surface area contributed by atoms with Crippen LogP contribution < -0.4 is 10.1 Å². The molecule has 1 aromatic carbocycles. The quantitative estimate of drug-likeness (QED) is 0.780. The highest BCUT2D eigenvalue weighted by Crippen LogP contribution is 2.18. The van der Waals surface area contributed by atoms with Gasteiger partial charge in [-0.3, -0.25) is 9.59 Å². The van der Waals surface area contributed by atoms with Gasteiger partial charge in [-0.15, -0.1) is 0 Å². The summed E-state index contributed by atoms with van der Waals surface area (Å²) in [6.07, 6.45) is 0. The second kappa shape index (κ2) is 5.30. The number of amides is 1. The lowest BCUT2D eigenvalue weighted by atomic mass is 10.1. The van der Waals surface area contributed by atoms with Gasteiger partial charge >= 0.3 is 0 Å². The molecule has 4 heteroatoms. The Balaban J connectivity index is 2.77. The molecule has 86 valence electrons. The molecule has 1 aromatic rings. The fourth-order valence-corrected chi connectivity index (χ4v) is 1.36. The van der Waals surface area contributed by atoms with Crippen LogP contribution in [0.25, 0.3) is 0 Å². The highest BCUT2D eigenvalue weighted by Gasteiger charge is 2.08. The first-order valence-corrected chi connectivity index (χ1v) is 4.97. The summed E-state index contributed by atoms with van der Waals surface area (Å²) in [4.78, 5) is 22.3. The van der Waals surface area contributed by atoms with Crippen LogP contribution in [0.4, 0.5) is 0 Å². The fourth-order valence-electron chi connectivity index (χ4n) is 1.36. The molecule has 0 aliphatic heterocycles. The molecule has 0 saturated heterocycles. The van der Waals surface area contributed by atoms with E-state index in [0.717, 1.165) is 11.3 Å². The first-order valence-electron chi connectivity index (χ1n) is 4.97. The third-order valence-electron chi connectivity index (χ3n) is 2.21. The molecule has 1 N–H and O–H groups in total. The van der Waals surface area contributed by atoms with Crippen molar-refractivity contribution in [1.82, 2.24) is 5.32 Å². The Bertz CT molecular complexity index is 413. The Morgan fingerprint density at radius 3 is 2.56 bits per heavy atom. The minimum atomic E-state index is -0.210. The Hall–Kier alpha value is -1.84. The number of ether oxygens (including phenoxy) is 1. The number of rotatable bonds is 4. The molecule has 0 atom stereocenters. The van der Waals surface area contributed by atoms with Crippen LogP contribution in [-0.4, -0.2) is 25.3 Å². The molecule has 0 aromatic heterocycles. The fraction of sp³-hybridized carbons (Fsp3) is 0.333. The number of carbonyl (C=O) groups excluding carboxylic acids is 2. The number of hydrogen-bond acceptors (Lipinski definition) is 3. The van der Waals surface area contributed by atoms with E-state index >= 15 is 0 Å². The molecule has 0 aliphatic rings. The van der Waals surface area contributed by atoms with Gasteiger partial charge in [0.05, 0.1) is 13.7 Å². The minimum Gasteiger partial charge on any atom is -0.496 e. The molecule has 0 heterocycles. The number of benzene rings is 1. The number of Topliss-reactive ketones (excluding diaryl/α,β-unsaturated/α-hetero) is 1. The van der Waals surface area contributed by atoms with E-state index < -0.39 is 0 Å². The van der Waals surface area contributed by atoms with E-state index in [9.17, 15) is 9.59 Å². The third kappa shape index (κ3) is 3.08. The van der Waals surface area contributed by atoms with E-state index in [1.165, 1.54) is 6.92 Å². The average Bonchev–Trinajstić information content (AvgIpc) is 2.25. The minimum absolute atomic E-state index is 0.0289. The van der Waals surface area contributed by atoms with E-state index in [-0.39, 0.29) is 18.2 Å². The largest absolute Gasteiger partial charge is 0.496 e. The average molecular weight is 221 g/mol. The van der Waals surface area contributed by atoms with Gasteiger partial charge in [0.2, 0.25) is 5.91 Å². The second-order valence-electron chi connectivity index (χ2n) is 3.52. The zero-order valence-electron chi connectivity index (χ0n) is 9.66. The van der Waals surface area contributed by atoms with Crippen molar-refractivity contribution in [3.05, 3.63) is 29.3 Å². The van der Waals surface area contributed by atoms with Crippen LogP contribution in [0, 0.1) is 6.92 Å². The van der Waals surface area contributed by atoms with Crippen LogP contribution in [0.5, 0.6) is 5.75 Å². The summed E-state index contributed by atoms with van der Waals surface area (Å²) in [7, 11) is 1.58. The van der Waals surface area contributed by atoms with Crippen molar-refractivity contribution in [2.24, 2.45) is 0 Å². The molecule has 1 amide bonds. The number of hydrogen-bond donors (Lipinski definition) is 1. The summed E-state index contributed by atoms with van der Waals surface area (Å²) in [6, 6.07) is 5.19. The van der Waals surface area contributed by atoms with Crippen molar-refractivity contribution in [2.75, 3.05) is 13.7 Å².